The second-order valence-electron chi connectivity index (χ2n) is 4.19. The van der Waals surface area contributed by atoms with Crippen LogP contribution in [0.25, 0.3) is 0 Å². The predicted octanol–water partition coefficient (Wildman–Crippen LogP) is 2.41. The summed E-state index contributed by atoms with van der Waals surface area (Å²) in [6.45, 7) is -0.192. The van der Waals surface area contributed by atoms with Crippen molar-refractivity contribution in [2.45, 2.75) is 6.10 Å². The first-order valence-corrected chi connectivity index (χ1v) is 5.95. The Kier molecular flexibility index (Phi) is 4.39. The number of nitrogens with one attached hydrogen (secondary N) is 1. The van der Waals surface area contributed by atoms with Crippen LogP contribution in [-0.4, -0.2) is 21.6 Å². The van der Waals surface area contributed by atoms with Gasteiger partial charge in [-0.1, -0.05) is 6.07 Å². The van der Waals surface area contributed by atoms with Crippen molar-refractivity contribution in [1.29, 1.82) is 0 Å². The second kappa shape index (κ2) is 6.23. The first-order valence-electron chi connectivity index (χ1n) is 5.95. The lowest BCUT2D eigenvalue weighted by molar-refractivity contribution is -0.385. The number of hydrogen-bond donors (Lipinski definition) is 2. The number of rotatable bonds is 5. The molecule has 0 bridgehead atoms. The lowest BCUT2D eigenvalue weighted by atomic mass is 10.1. The molecule has 0 saturated heterocycles. The summed E-state index contributed by atoms with van der Waals surface area (Å²) >= 11 is 0. The van der Waals surface area contributed by atoms with Crippen LogP contribution in [-0.2, 0) is 0 Å². The number of pyridine rings is 1. The Labute approximate surface area is 118 Å². The van der Waals surface area contributed by atoms with E-state index in [1.165, 1.54) is 18.2 Å². The number of benzene rings is 1. The summed E-state index contributed by atoms with van der Waals surface area (Å²) in [5.41, 5.74) is -0.617. The molecule has 110 valence electrons. The van der Waals surface area contributed by atoms with Gasteiger partial charge in [-0.15, -0.1) is 0 Å². The van der Waals surface area contributed by atoms with E-state index in [9.17, 15) is 24.0 Å². The van der Waals surface area contributed by atoms with Crippen molar-refractivity contribution in [3.63, 3.8) is 0 Å². The highest BCUT2D eigenvalue weighted by atomic mass is 19.1. The zero-order chi connectivity index (χ0) is 15.4. The lowest BCUT2D eigenvalue weighted by Gasteiger charge is -2.14. The molecular formula is C13H11F2N3O3. The first-order chi connectivity index (χ1) is 9.99. The fourth-order valence-electron chi connectivity index (χ4n) is 1.73. The van der Waals surface area contributed by atoms with Crippen LogP contribution in [0.2, 0.25) is 0 Å². The Morgan fingerprint density at radius 2 is 1.95 bits per heavy atom. The molecule has 0 saturated carbocycles. The van der Waals surface area contributed by atoms with Crippen molar-refractivity contribution in [3.05, 3.63) is 63.8 Å². The number of nitro groups is 1. The number of anilines is 1. The van der Waals surface area contributed by atoms with Crippen LogP contribution >= 0.6 is 0 Å². The van der Waals surface area contributed by atoms with E-state index in [2.05, 4.69) is 10.3 Å². The van der Waals surface area contributed by atoms with E-state index in [4.69, 9.17) is 0 Å². The van der Waals surface area contributed by atoms with Crippen LogP contribution in [0.4, 0.5) is 20.3 Å². The third-order valence-corrected chi connectivity index (χ3v) is 2.77. The minimum absolute atomic E-state index is 0.179. The van der Waals surface area contributed by atoms with Crippen molar-refractivity contribution in [2.75, 3.05) is 11.9 Å². The lowest BCUT2D eigenvalue weighted by Crippen LogP contribution is -2.15. The molecule has 2 N–H and O–H groups in total. The fraction of sp³-hybridized carbons (Fsp3) is 0.154. The fourth-order valence-corrected chi connectivity index (χ4v) is 1.73. The van der Waals surface area contributed by atoms with Gasteiger partial charge in [-0.05, 0) is 18.2 Å². The number of aliphatic hydroxyl groups excluding tert-OH is 1. The molecule has 0 amide bonds. The van der Waals surface area contributed by atoms with Gasteiger partial charge in [0, 0.05) is 12.6 Å². The molecule has 0 fully saturated rings. The van der Waals surface area contributed by atoms with Gasteiger partial charge in [-0.25, -0.2) is 13.8 Å². The Morgan fingerprint density at radius 1 is 1.29 bits per heavy atom. The molecule has 1 aromatic carbocycles. The predicted molar refractivity (Wildman–Crippen MR) is 70.7 cm³/mol. The van der Waals surface area contributed by atoms with Crippen molar-refractivity contribution >= 4 is 11.5 Å². The number of nitrogens with zero attached hydrogens (tertiary/aromatic N) is 2. The minimum atomic E-state index is -1.41. The maximum atomic E-state index is 13.5. The maximum absolute atomic E-state index is 13.5. The topological polar surface area (TPSA) is 88.3 Å². The maximum Gasteiger partial charge on any atom is 0.287 e. The van der Waals surface area contributed by atoms with Gasteiger partial charge in [0.15, 0.2) is 0 Å². The third-order valence-electron chi connectivity index (χ3n) is 2.77. The van der Waals surface area contributed by atoms with Crippen LogP contribution in [0.3, 0.4) is 0 Å². The van der Waals surface area contributed by atoms with Crippen LogP contribution in [0, 0.1) is 21.7 Å². The number of halogens is 2. The summed E-state index contributed by atoms with van der Waals surface area (Å²) in [6, 6.07) is 5.86. The van der Waals surface area contributed by atoms with Crippen molar-refractivity contribution in [2.24, 2.45) is 0 Å². The molecule has 6 nitrogen and oxygen atoms in total. The van der Waals surface area contributed by atoms with Gasteiger partial charge < -0.3 is 10.4 Å². The van der Waals surface area contributed by atoms with E-state index in [1.54, 1.807) is 0 Å². The van der Waals surface area contributed by atoms with Crippen molar-refractivity contribution in [1.82, 2.24) is 4.98 Å². The Balaban J connectivity index is 2.04. The molecule has 1 atom stereocenters. The smallest absolute Gasteiger partial charge is 0.287 e. The van der Waals surface area contributed by atoms with E-state index >= 15 is 0 Å². The monoisotopic (exact) mass is 295 g/mol. The molecule has 8 heteroatoms. The van der Waals surface area contributed by atoms with Crippen LogP contribution in [0.5, 0.6) is 0 Å². The first kappa shape index (κ1) is 14.8. The molecule has 0 aliphatic carbocycles. The molecule has 2 rings (SSSR count). The molecule has 0 aliphatic rings. The Morgan fingerprint density at radius 3 is 2.48 bits per heavy atom. The number of aliphatic hydroxyl groups is 1. The van der Waals surface area contributed by atoms with Crippen LogP contribution in [0.15, 0.2) is 36.5 Å². The van der Waals surface area contributed by atoms with Gasteiger partial charge in [0.25, 0.3) is 5.69 Å². The van der Waals surface area contributed by atoms with Crippen LogP contribution in [0.1, 0.15) is 11.7 Å². The summed E-state index contributed by atoms with van der Waals surface area (Å²) in [4.78, 5) is 13.6. The molecule has 0 spiro atoms. The zero-order valence-corrected chi connectivity index (χ0v) is 10.7. The highest BCUT2D eigenvalue weighted by molar-refractivity contribution is 5.40. The Hall–Kier alpha value is -2.61. The molecule has 1 aromatic heterocycles. The molecule has 1 unspecified atom stereocenters. The van der Waals surface area contributed by atoms with Gasteiger partial charge in [0.1, 0.15) is 29.8 Å². The largest absolute Gasteiger partial charge is 0.386 e. The van der Waals surface area contributed by atoms with E-state index in [0.717, 1.165) is 18.3 Å². The number of hydrogen-bond acceptors (Lipinski definition) is 5. The second-order valence-corrected chi connectivity index (χ2v) is 4.19. The van der Waals surface area contributed by atoms with Crippen molar-refractivity contribution in [3.8, 4) is 0 Å². The van der Waals surface area contributed by atoms with E-state index in [0.29, 0.717) is 0 Å². The Bertz CT molecular complexity index is 629. The summed E-state index contributed by atoms with van der Waals surface area (Å²) < 4.78 is 26.9. The average Bonchev–Trinajstić information content (AvgIpc) is 2.45. The highest BCUT2D eigenvalue weighted by Crippen LogP contribution is 2.21. The van der Waals surface area contributed by atoms with Gasteiger partial charge in [-0.2, -0.15) is 0 Å². The molecular weight excluding hydrogens is 284 g/mol. The highest BCUT2D eigenvalue weighted by Gasteiger charge is 2.17. The molecule has 1 heterocycles. The molecule has 0 aliphatic heterocycles. The molecule has 21 heavy (non-hydrogen) atoms. The number of aromatic nitrogens is 1. The van der Waals surface area contributed by atoms with Gasteiger partial charge in [0.2, 0.25) is 0 Å². The van der Waals surface area contributed by atoms with Gasteiger partial charge in [0.05, 0.1) is 10.5 Å². The quantitative estimate of drug-likeness (QED) is 0.653. The normalized spacial score (nSPS) is 12.0. The van der Waals surface area contributed by atoms with Gasteiger partial charge in [-0.3, -0.25) is 10.1 Å². The summed E-state index contributed by atoms with van der Waals surface area (Å²) in [5, 5.41) is 22.9. The zero-order valence-electron chi connectivity index (χ0n) is 10.7. The van der Waals surface area contributed by atoms with E-state index < -0.39 is 28.2 Å². The minimum Gasteiger partial charge on any atom is -0.386 e. The van der Waals surface area contributed by atoms with E-state index in [-0.39, 0.29) is 18.1 Å². The van der Waals surface area contributed by atoms with Crippen LogP contribution < -0.4 is 5.32 Å². The summed E-state index contributed by atoms with van der Waals surface area (Å²) in [7, 11) is 0. The van der Waals surface area contributed by atoms with E-state index in [1.807, 2.05) is 0 Å². The van der Waals surface area contributed by atoms with Crippen molar-refractivity contribution < 1.29 is 18.8 Å². The molecule has 0 radical (unpaired) electrons. The third kappa shape index (κ3) is 3.48. The average molecular weight is 295 g/mol. The van der Waals surface area contributed by atoms with Gasteiger partial charge >= 0.3 is 0 Å². The molecule has 2 aromatic rings. The summed E-state index contributed by atoms with van der Waals surface area (Å²) in [6.07, 6.45) is -0.374. The summed E-state index contributed by atoms with van der Waals surface area (Å²) in [5.74, 6) is -1.45. The standard InChI is InChI=1S/C13H11F2N3O3/c14-9-2-1-3-10(15)13(9)11(19)7-17-12-5-4-8(6-16-12)18(20)21/h1-6,11,19H,7H2,(H,16,17). The SMILES string of the molecule is O=[N+]([O-])c1ccc(NCC(O)c2c(F)cccc2F)nc1.